The van der Waals surface area contributed by atoms with E-state index in [-0.39, 0.29) is 0 Å². The quantitative estimate of drug-likeness (QED) is 0.636. The van der Waals surface area contributed by atoms with Gasteiger partial charge in [-0.25, -0.2) is 0 Å². The van der Waals surface area contributed by atoms with E-state index in [1.54, 1.807) is 6.26 Å². The second kappa shape index (κ2) is 2.56. The number of hydrogen-bond donors (Lipinski definition) is 0. The SMILES string of the molecule is ClCC1(Cc2ccoc2)CC1. The summed E-state index contributed by atoms with van der Waals surface area (Å²) in [7, 11) is 0. The summed E-state index contributed by atoms with van der Waals surface area (Å²) in [6, 6.07) is 2.02. The Bertz CT molecular complexity index is 224. The fourth-order valence-electron chi connectivity index (χ4n) is 1.36. The molecular formula is C9H11ClO. The van der Waals surface area contributed by atoms with Crippen molar-refractivity contribution in [2.45, 2.75) is 19.3 Å². The standard InChI is InChI=1S/C9H11ClO/c10-7-9(2-3-9)5-8-1-4-11-6-8/h1,4,6H,2-3,5,7H2. The van der Waals surface area contributed by atoms with Crippen molar-refractivity contribution in [3.8, 4) is 0 Å². The van der Waals surface area contributed by atoms with Gasteiger partial charge < -0.3 is 4.42 Å². The third kappa shape index (κ3) is 1.43. The highest BCUT2D eigenvalue weighted by molar-refractivity contribution is 6.18. The molecule has 1 nitrogen and oxygen atoms in total. The van der Waals surface area contributed by atoms with Crippen LogP contribution in [0.15, 0.2) is 23.0 Å². The first-order valence-electron chi connectivity index (χ1n) is 3.92. The average molecular weight is 171 g/mol. The first-order valence-corrected chi connectivity index (χ1v) is 4.45. The highest BCUT2D eigenvalue weighted by Crippen LogP contribution is 2.49. The predicted octanol–water partition coefficient (Wildman–Crippen LogP) is 2.84. The highest BCUT2D eigenvalue weighted by Gasteiger charge is 2.41. The summed E-state index contributed by atoms with van der Waals surface area (Å²) in [5.41, 5.74) is 1.70. The molecule has 1 aliphatic carbocycles. The van der Waals surface area contributed by atoms with Crippen LogP contribution in [0.2, 0.25) is 0 Å². The molecule has 0 amide bonds. The molecule has 1 fully saturated rings. The molecule has 0 radical (unpaired) electrons. The summed E-state index contributed by atoms with van der Waals surface area (Å²) in [6.45, 7) is 0. The lowest BCUT2D eigenvalue weighted by Crippen LogP contribution is -2.05. The van der Waals surface area contributed by atoms with E-state index < -0.39 is 0 Å². The van der Waals surface area contributed by atoms with E-state index in [1.807, 2.05) is 12.3 Å². The molecule has 0 N–H and O–H groups in total. The van der Waals surface area contributed by atoms with Crippen LogP contribution in [0.1, 0.15) is 18.4 Å². The van der Waals surface area contributed by atoms with Crippen molar-refractivity contribution in [2.75, 3.05) is 5.88 Å². The normalized spacial score (nSPS) is 20.1. The van der Waals surface area contributed by atoms with Crippen molar-refractivity contribution in [3.63, 3.8) is 0 Å². The van der Waals surface area contributed by atoms with Gasteiger partial charge in [-0.05, 0) is 36.3 Å². The van der Waals surface area contributed by atoms with Crippen LogP contribution in [-0.4, -0.2) is 5.88 Å². The van der Waals surface area contributed by atoms with E-state index in [0.29, 0.717) is 5.41 Å². The Hall–Kier alpha value is -0.430. The molecule has 0 bridgehead atoms. The maximum absolute atomic E-state index is 5.84. The van der Waals surface area contributed by atoms with Gasteiger partial charge in [0.2, 0.25) is 0 Å². The van der Waals surface area contributed by atoms with Gasteiger partial charge in [-0.2, -0.15) is 0 Å². The van der Waals surface area contributed by atoms with Gasteiger partial charge in [0, 0.05) is 5.88 Å². The molecular weight excluding hydrogens is 160 g/mol. The molecule has 0 unspecified atom stereocenters. The van der Waals surface area contributed by atoms with Gasteiger partial charge >= 0.3 is 0 Å². The third-order valence-electron chi connectivity index (χ3n) is 2.40. The molecule has 1 heterocycles. The fourth-order valence-corrected chi connectivity index (χ4v) is 1.72. The van der Waals surface area contributed by atoms with Crippen LogP contribution < -0.4 is 0 Å². The van der Waals surface area contributed by atoms with Gasteiger partial charge in [0.05, 0.1) is 12.5 Å². The van der Waals surface area contributed by atoms with E-state index >= 15 is 0 Å². The molecule has 0 atom stereocenters. The van der Waals surface area contributed by atoms with E-state index in [1.165, 1.54) is 18.4 Å². The zero-order valence-corrected chi connectivity index (χ0v) is 7.10. The van der Waals surface area contributed by atoms with Gasteiger partial charge in [-0.1, -0.05) is 0 Å². The first-order chi connectivity index (χ1) is 5.35. The lowest BCUT2D eigenvalue weighted by molar-refractivity contribution is 0.544. The van der Waals surface area contributed by atoms with Gasteiger partial charge in [0.25, 0.3) is 0 Å². The Morgan fingerprint density at radius 3 is 2.82 bits per heavy atom. The summed E-state index contributed by atoms with van der Waals surface area (Å²) < 4.78 is 4.99. The molecule has 1 aliphatic rings. The molecule has 1 aromatic heterocycles. The summed E-state index contributed by atoms with van der Waals surface area (Å²) >= 11 is 5.84. The van der Waals surface area contributed by atoms with Crippen LogP contribution in [0.4, 0.5) is 0 Å². The molecule has 2 heteroatoms. The molecule has 0 saturated heterocycles. The van der Waals surface area contributed by atoms with Crippen molar-refractivity contribution in [3.05, 3.63) is 24.2 Å². The summed E-state index contributed by atoms with van der Waals surface area (Å²) in [6.07, 6.45) is 7.18. The predicted molar refractivity (Wildman–Crippen MR) is 44.8 cm³/mol. The Kier molecular flexibility index (Phi) is 1.68. The van der Waals surface area contributed by atoms with Gasteiger partial charge in [-0.3, -0.25) is 0 Å². The van der Waals surface area contributed by atoms with Crippen LogP contribution in [0, 0.1) is 5.41 Å². The van der Waals surface area contributed by atoms with Crippen LogP contribution in [-0.2, 0) is 6.42 Å². The lowest BCUT2D eigenvalue weighted by atomic mass is 10.0. The molecule has 0 spiro atoms. The van der Waals surface area contributed by atoms with E-state index in [0.717, 1.165) is 12.3 Å². The molecule has 1 saturated carbocycles. The van der Waals surface area contributed by atoms with Crippen molar-refractivity contribution < 1.29 is 4.42 Å². The first kappa shape index (κ1) is 7.23. The Balaban J connectivity index is 2.01. The Morgan fingerprint density at radius 2 is 2.36 bits per heavy atom. The monoisotopic (exact) mass is 170 g/mol. The van der Waals surface area contributed by atoms with Crippen molar-refractivity contribution in [1.29, 1.82) is 0 Å². The van der Waals surface area contributed by atoms with Crippen molar-refractivity contribution in [2.24, 2.45) is 5.41 Å². The smallest absolute Gasteiger partial charge is 0.0934 e. The molecule has 60 valence electrons. The molecule has 0 aromatic carbocycles. The number of halogens is 1. The number of alkyl halides is 1. The zero-order valence-electron chi connectivity index (χ0n) is 6.35. The minimum absolute atomic E-state index is 0.422. The summed E-state index contributed by atoms with van der Waals surface area (Å²) in [5, 5.41) is 0. The largest absolute Gasteiger partial charge is 0.472 e. The third-order valence-corrected chi connectivity index (χ3v) is 2.97. The van der Waals surface area contributed by atoms with Gasteiger partial charge in [0.1, 0.15) is 0 Å². The minimum atomic E-state index is 0.422. The molecule has 2 rings (SSSR count). The number of rotatable bonds is 3. The molecule has 0 aliphatic heterocycles. The molecule has 11 heavy (non-hydrogen) atoms. The maximum Gasteiger partial charge on any atom is 0.0934 e. The maximum atomic E-state index is 5.84. The van der Waals surface area contributed by atoms with Crippen LogP contribution in [0.3, 0.4) is 0 Å². The van der Waals surface area contributed by atoms with Crippen LogP contribution >= 0.6 is 11.6 Å². The van der Waals surface area contributed by atoms with E-state index in [9.17, 15) is 0 Å². The van der Waals surface area contributed by atoms with E-state index in [2.05, 4.69) is 0 Å². The zero-order chi connectivity index (χ0) is 7.73. The Morgan fingerprint density at radius 1 is 1.55 bits per heavy atom. The highest BCUT2D eigenvalue weighted by atomic mass is 35.5. The average Bonchev–Trinajstić information content (AvgIpc) is 2.59. The van der Waals surface area contributed by atoms with Crippen LogP contribution in [0.5, 0.6) is 0 Å². The topological polar surface area (TPSA) is 13.1 Å². The van der Waals surface area contributed by atoms with E-state index in [4.69, 9.17) is 16.0 Å². The summed E-state index contributed by atoms with van der Waals surface area (Å²) in [4.78, 5) is 0. The second-order valence-corrected chi connectivity index (χ2v) is 3.71. The van der Waals surface area contributed by atoms with Crippen molar-refractivity contribution in [1.82, 2.24) is 0 Å². The van der Waals surface area contributed by atoms with Gasteiger partial charge in [0.15, 0.2) is 0 Å². The lowest BCUT2D eigenvalue weighted by Gasteiger charge is -2.07. The second-order valence-electron chi connectivity index (χ2n) is 3.44. The van der Waals surface area contributed by atoms with Gasteiger partial charge in [-0.15, -0.1) is 11.6 Å². The number of furan rings is 1. The molecule has 1 aromatic rings. The Labute approximate surface area is 71.3 Å². The fraction of sp³-hybridized carbons (Fsp3) is 0.556. The van der Waals surface area contributed by atoms with Crippen molar-refractivity contribution >= 4 is 11.6 Å². The summed E-state index contributed by atoms with van der Waals surface area (Å²) in [5.74, 6) is 0.790. The number of hydrogen-bond acceptors (Lipinski definition) is 1. The van der Waals surface area contributed by atoms with Crippen LogP contribution in [0.25, 0.3) is 0 Å². The minimum Gasteiger partial charge on any atom is -0.472 e.